The van der Waals surface area contributed by atoms with Crippen LogP contribution in [0, 0.1) is 17.0 Å². The Kier molecular flexibility index (Phi) is 4.65. The van der Waals surface area contributed by atoms with Crippen molar-refractivity contribution in [1.82, 2.24) is 0 Å². The fourth-order valence-corrected chi connectivity index (χ4v) is 2.21. The van der Waals surface area contributed by atoms with Crippen LogP contribution in [0.5, 0.6) is 0 Å². The van der Waals surface area contributed by atoms with Crippen molar-refractivity contribution in [1.29, 1.82) is 0 Å². The molecule has 1 aromatic rings. The smallest absolute Gasteiger partial charge is 0.293 e. The fourth-order valence-electron chi connectivity index (χ4n) is 2.21. The number of nitro benzene ring substituents is 1. The third-order valence-corrected chi connectivity index (χ3v) is 3.32. The maximum atomic E-state index is 12.0. The number of amides is 1. The molecule has 0 unspecified atom stereocenters. The summed E-state index contributed by atoms with van der Waals surface area (Å²) < 4.78 is 5.23. The van der Waals surface area contributed by atoms with Crippen molar-refractivity contribution in [2.75, 3.05) is 38.2 Å². The number of ether oxygens (including phenoxy) is 1. The number of benzene rings is 1. The molecular weight excluding hydrogens is 262 g/mol. The quantitative estimate of drug-likeness (QED) is 0.588. The van der Waals surface area contributed by atoms with Gasteiger partial charge in [-0.1, -0.05) is 12.1 Å². The highest BCUT2D eigenvalue weighted by Gasteiger charge is 2.21. The molecule has 1 fully saturated rings. The minimum atomic E-state index is -0.482. The van der Waals surface area contributed by atoms with Crippen LogP contribution in [0.2, 0.25) is 0 Å². The number of nitrogens with one attached hydrogen (secondary N) is 2. The van der Waals surface area contributed by atoms with Crippen LogP contribution in [0.1, 0.15) is 5.56 Å². The number of quaternary nitrogens is 1. The second kappa shape index (κ2) is 6.44. The Bertz CT molecular complexity index is 512. The molecule has 1 aliphatic rings. The van der Waals surface area contributed by atoms with Crippen molar-refractivity contribution in [2.24, 2.45) is 0 Å². The van der Waals surface area contributed by atoms with Crippen molar-refractivity contribution < 1.29 is 19.4 Å². The van der Waals surface area contributed by atoms with Gasteiger partial charge in [-0.05, 0) is 12.5 Å². The molecular formula is C13H18N3O4+. The van der Waals surface area contributed by atoms with Crippen LogP contribution >= 0.6 is 0 Å². The molecule has 1 aliphatic heterocycles. The van der Waals surface area contributed by atoms with Crippen molar-refractivity contribution in [3.63, 3.8) is 0 Å². The largest absolute Gasteiger partial charge is 0.370 e. The van der Waals surface area contributed by atoms with E-state index in [4.69, 9.17) is 4.74 Å². The number of para-hydroxylation sites is 1. The van der Waals surface area contributed by atoms with Gasteiger partial charge in [0, 0.05) is 6.07 Å². The number of nitro groups is 1. The summed E-state index contributed by atoms with van der Waals surface area (Å²) in [5.41, 5.74) is 0.898. The summed E-state index contributed by atoms with van der Waals surface area (Å²) in [7, 11) is 0. The van der Waals surface area contributed by atoms with E-state index in [2.05, 4.69) is 5.32 Å². The predicted octanol–water partition coefficient (Wildman–Crippen LogP) is -0.243. The molecule has 2 N–H and O–H groups in total. The second-order valence-electron chi connectivity index (χ2n) is 4.81. The number of aryl methyl sites for hydroxylation is 1. The van der Waals surface area contributed by atoms with Gasteiger partial charge < -0.3 is 15.0 Å². The number of morpholine rings is 1. The molecule has 0 spiro atoms. The summed E-state index contributed by atoms with van der Waals surface area (Å²) >= 11 is 0. The van der Waals surface area contributed by atoms with Gasteiger partial charge in [0.2, 0.25) is 0 Å². The van der Waals surface area contributed by atoms with Crippen molar-refractivity contribution >= 4 is 17.3 Å². The highest BCUT2D eigenvalue weighted by Crippen LogP contribution is 2.27. The summed E-state index contributed by atoms with van der Waals surface area (Å²) in [6, 6.07) is 4.74. The highest BCUT2D eigenvalue weighted by molar-refractivity contribution is 5.94. The fraction of sp³-hybridized carbons (Fsp3) is 0.462. The molecule has 0 saturated carbocycles. The Hall–Kier alpha value is -1.99. The molecule has 0 bridgehead atoms. The van der Waals surface area contributed by atoms with Crippen LogP contribution < -0.4 is 10.2 Å². The molecule has 0 atom stereocenters. The number of nitrogens with zero attached hydrogens (tertiary/aromatic N) is 1. The van der Waals surface area contributed by atoms with Gasteiger partial charge in [0.15, 0.2) is 6.54 Å². The highest BCUT2D eigenvalue weighted by atomic mass is 16.6. The number of anilines is 1. The van der Waals surface area contributed by atoms with Gasteiger partial charge in [0.05, 0.1) is 18.1 Å². The normalized spacial score (nSPS) is 15.8. The molecule has 20 heavy (non-hydrogen) atoms. The number of carbonyl (C=O) groups excluding carboxylic acids is 1. The van der Waals surface area contributed by atoms with Crippen LogP contribution in [0.3, 0.4) is 0 Å². The molecule has 7 heteroatoms. The Balaban J connectivity index is 2.05. The van der Waals surface area contributed by atoms with E-state index < -0.39 is 4.92 Å². The number of hydrogen-bond donors (Lipinski definition) is 2. The standard InChI is InChI=1S/C13H17N3O4/c1-10-3-2-4-11(16(18)19)13(10)14-12(17)9-15-5-7-20-8-6-15/h2-4H,5-9H2,1H3,(H,14,17)/p+1. The zero-order chi connectivity index (χ0) is 14.5. The zero-order valence-corrected chi connectivity index (χ0v) is 11.3. The SMILES string of the molecule is Cc1cccc([N+](=O)[O-])c1NC(=O)C[NH+]1CCOCC1. The Labute approximate surface area is 116 Å². The molecule has 1 saturated heterocycles. The van der Waals surface area contributed by atoms with Gasteiger partial charge in [0.25, 0.3) is 11.6 Å². The molecule has 7 nitrogen and oxygen atoms in total. The Morgan fingerprint density at radius 2 is 2.15 bits per heavy atom. The summed E-state index contributed by atoms with van der Waals surface area (Å²) in [5, 5.41) is 13.6. The summed E-state index contributed by atoms with van der Waals surface area (Å²) in [5.74, 6) is -0.209. The first kappa shape index (κ1) is 14.4. The van der Waals surface area contributed by atoms with Gasteiger partial charge in [0.1, 0.15) is 18.8 Å². The average molecular weight is 280 g/mol. The van der Waals surface area contributed by atoms with Crippen LogP contribution in [-0.4, -0.2) is 43.7 Å². The molecule has 0 aromatic heterocycles. The van der Waals surface area contributed by atoms with E-state index in [0.29, 0.717) is 25.3 Å². The van der Waals surface area contributed by atoms with Crippen molar-refractivity contribution in [3.05, 3.63) is 33.9 Å². The van der Waals surface area contributed by atoms with Gasteiger partial charge in [-0.15, -0.1) is 0 Å². The first-order valence-corrected chi connectivity index (χ1v) is 6.53. The first-order valence-electron chi connectivity index (χ1n) is 6.53. The minimum absolute atomic E-state index is 0.0738. The van der Waals surface area contributed by atoms with E-state index in [0.717, 1.165) is 18.0 Å². The second-order valence-corrected chi connectivity index (χ2v) is 4.81. The molecule has 1 heterocycles. The van der Waals surface area contributed by atoms with Crippen LogP contribution in [0.15, 0.2) is 18.2 Å². The molecule has 1 aromatic carbocycles. The van der Waals surface area contributed by atoms with Gasteiger partial charge in [-0.3, -0.25) is 14.9 Å². The monoisotopic (exact) mass is 280 g/mol. The molecule has 0 radical (unpaired) electrons. The summed E-state index contributed by atoms with van der Waals surface area (Å²) in [6.07, 6.45) is 0. The lowest BCUT2D eigenvalue weighted by Crippen LogP contribution is -3.15. The van der Waals surface area contributed by atoms with E-state index in [-0.39, 0.29) is 17.3 Å². The summed E-state index contributed by atoms with van der Waals surface area (Å²) in [4.78, 5) is 23.6. The third kappa shape index (κ3) is 3.52. The third-order valence-electron chi connectivity index (χ3n) is 3.32. The average Bonchev–Trinajstić information content (AvgIpc) is 2.42. The Morgan fingerprint density at radius 1 is 1.45 bits per heavy atom. The molecule has 1 amide bonds. The number of hydrogen-bond acceptors (Lipinski definition) is 4. The Morgan fingerprint density at radius 3 is 2.80 bits per heavy atom. The van der Waals surface area contributed by atoms with Gasteiger partial charge in [-0.25, -0.2) is 0 Å². The zero-order valence-electron chi connectivity index (χ0n) is 11.3. The lowest BCUT2D eigenvalue weighted by atomic mass is 10.1. The number of carbonyl (C=O) groups is 1. The predicted molar refractivity (Wildman–Crippen MR) is 72.8 cm³/mol. The van der Waals surface area contributed by atoms with E-state index in [9.17, 15) is 14.9 Å². The number of rotatable bonds is 4. The van der Waals surface area contributed by atoms with Crippen LogP contribution in [-0.2, 0) is 9.53 Å². The maximum absolute atomic E-state index is 12.0. The lowest BCUT2D eigenvalue weighted by Gasteiger charge is -2.23. The molecule has 0 aliphatic carbocycles. The van der Waals surface area contributed by atoms with Crippen molar-refractivity contribution in [3.8, 4) is 0 Å². The first-order chi connectivity index (χ1) is 9.58. The molecule has 108 valence electrons. The van der Waals surface area contributed by atoms with E-state index in [1.54, 1.807) is 19.1 Å². The van der Waals surface area contributed by atoms with E-state index in [1.165, 1.54) is 6.07 Å². The van der Waals surface area contributed by atoms with Gasteiger partial charge in [-0.2, -0.15) is 0 Å². The van der Waals surface area contributed by atoms with Crippen molar-refractivity contribution in [2.45, 2.75) is 6.92 Å². The maximum Gasteiger partial charge on any atom is 0.293 e. The summed E-state index contributed by atoms with van der Waals surface area (Å²) in [6.45, 7) is 4.89. The van der Waals surface area contributed by atoms with Crippen LogP contribution in [0.25, 0.3) is 0 Å². The lowest BCUT2D eigenvalue weighted by molar-refractivity contribution is -0.899. The topological polar surface area (TPSA) is 85.9 Å². The van der Waals surface area contributed by atoms with E-state index in [1.807, 2.05) is 0 Å². The minimum Gasteiger partial charge on any atom is -0.370 e. The molecule has 2 rings (SSSR count). The van der Waals surface area contributed by atoms with E-state index >= 15 is 0 Å². The van der Waals surface area contributed by atoms with Crippen LogP contribution in [0.4, 0.5) is 11.4 Å². The van der Waals surface area contributed by atoms with Gasteiger partial charge >= 0.3 is 0 Å².